The van der Waals surface area contributed by atoms with Crippen molar-refractivity contribution in [3.8, 4) is 0 Å². The summed E-state index contributed by atoms with van der Waals surface area (Å²) in [6.45, 7) is 0.567. The summed E-state index contributed by atoms with van der Waals surface area (Å²) in [7, 11) is 1.77. The summed E-state index contributed by atoms with van der Waals surface area (Å²) in [5, 5.41) is 2.46. The molecule has 0 aliphatic carbocycles. The molecule has 6 heteroatoms. The molecule has 0 saturated heterocycles. The summed E-state index contributed by atoms with van der Waals surface area (Å²) in [6, 6.07) is 7.28. The molecule has 0 aliphatic rings. The van der Waals surface area contributed by atoms with Crippen molar-refractivity contribution in [1.82, 2.24) is 4.90 Å². The number of nitrogens with zero attached hydrogens (tertiary/aromatic N) is 1. The molecule has 1 amide bonds. The zero-order valence-corrected chi connectivity index (χ0v) is 14.7. The first-order chi connectivity index (χ1) is 8.97. The van der Waals surface area contributed by atoms with E-state index in [1.807, 2.05) is 17.5 Å². The van der Waals surface area contributed by atoms with Gasteiger partial charge in [0.2, 0.25) is 0 Å². The van der Waals surface area contributed by atoms with Crippen molar-refractivity contribution in [2.45, 2.75) is 6.54 Å². The minimum absolute atomic E-state index is 0.0872. The number of benzene rings is 1. The maximum absolute atomic E-state index is 12.3. The predicted octanol–water partition coefficient (Wildman–Crippen LogP) is 5.20. The van der Waals surface area contributed by atoms with E-state index in [0.29, 0.717) is 17.1 Å². The fraction of sp³-hybridized carbons (Fsp3) is 0.154. The Morgan fingerprint density at radius 3 is 2.68 bits per heavy atom. The normalized spacial score (nSPS) is 10.5. The highest BCUT2D eigenvalue weighted by Gasteiger charge is 2.16. The summed E-state index contributed by atoms with van der Waals surface area (Å²) >= 11 is 14.4. The molecule has 100 valence electrons. The lowest BCUT2D eigenvalue weighted by Crippen LogP contribution is -2.26. The van der Waals surface area contributed by atoms with Gasteiger partial charge in [0.05, 0.1) is 17.1 Å². The first-order valence-corrected chi connectivity index (χ1v) is 8.25. The maximum atomic E-state index is 12.3. The van der Waals surface area contributed by atoms with Crippen molar-refractivity contribution in [2.24, 2.45) is 0 Å². The van der Waals surface area contributed by atoms with Gasteiger partial charge in [-0.25, -0.2) is 0 Å². The highest BCUT2D eigenvalue weighted by Crippen LogP contribution is 2.24. The average Bonchev–Trinajstić information content (AvgIpc) is 2.77. The molecule has 0 fully saturated rings. The summed E-state index contributed by atoms with van der Waals surface area (Å²) in [6.07, 6.45) is 0. The van der Waals surface area contributed by atoms with Gasteiger partial charge in [-0.1, -0.05) is 27.5 Å². The van der Waals surface area contributed by atoms with Crippen LogP contribution in [-0.2, 0) is 6.54 Å². The summed E-state index contributed by atoms with van der Waals surface area (Å²) in [5.74, 6) is -0.0872. The maximum Gasteiger partial charge on any atom is 0.255 e. The van der Waals surface area contributed by atoms with E-state index < -0.39 is 0 Å². The Bertz CT molecular complexity index is 614. The largest absolute Gasteiger partial charge is 0.337 e. The molecule has 19 heavy (non-hydrogen) atoms. The van der Waals surface area contributed by atoms with E-state index in [2.05, 4.69) is 31.9 Å². The second-order valence-electron chi connectivity index (χ2n) is 4.02. The van der Waals surface area contributed by atoms with Gasteiger partial charge in [0.25, 0.3) is 5.91 Å². The number of amides is 1. The van der Waals surface area contributed by atoms with Gasteiger partial charge in [-0.2, -0.15) is 0 Å². The first kappa shape index (κ1) is 15.0. The number of hydrogen-bond acceptors (Lipinski definition) is 2. The average molecular weight is 424 g/mol. The van der Waals surface area contributed by atoms with Crippen LogP contribution in [0.3, 0.4) is 0 Å². The van der Waals surface area contributed by atoms with Crippen molar-refractivity contribution in [3.05, 3.63) is 54.1 Å². The fourth-order valence-electron chi connectivity index (χ4n) is 1.61. The first-order valence-electron chi connectivity index (χ1n) is 5.41. The van der Waals surface area contributed by atoms with E-state index in [9.17, 15) is 4.79 Å². The number of carbonyl (C=O) groups excluding carboxylic acids is 1. The standard InChI is InChI=1S/C13H10Br2ClNOS/c1-17(6-10-4-9(15)7-19-10)13(18)11-5-8(14)2-3-12(11)16/h2-5,7H,6H2,1H3. The zero-order valence-electron chi connectivity index (χ0n) is 9.99. The molecule has 1 aromatic carbocycles. The van der Waals surface area contributed by atoms with E-state index in [4.69, 9.17) is 11.6 Å². The van der Waals surface area contributed by atoms with Gasteiger partial charge in [-0.15, -0.1) is 11.3 Å². The van der Waals surface area contributed by atoms with E-state index in [1.54, 1.807) is 35.4 Å². The molecular weight excluding hydrogens is 413 g/mol. The van der Waals surface area contributed by atoms with Crippen molar-refractivity contribution in [2.75, 3.05) is 7.05 Å². The second kappa shape index (κ2) is 6.39. The molecule has 0 N–H and O–H groups in total. The van der Waals surface area contributed by atoms with Crippen molar-refractivity contribution >= 4 is 60.7 Å². The van der Waals surface area contributed by atoms with E-state index in [-0.39, 0.29) is 5.91 Å². The molecular formula is C13H10Br2ClNOS. The number of hydrogen-bond donors (Lipinski definition) is 0. The van der Waals surface area contributed by atoms with Crippen LogP contribution in [-0.4, -0.2) is 17.9 Å². The second-order valence-corrected chi connectivity index (χ2v) is 7.25. The number of carbonyl (C=O) groups is 1. The van der Waals surface area contributed by atoms with Crippen molar-refractivity contribution < 1.29 is 4.79 Å². The van der Waals surface area contributed by atoms with Crippen LogP contribution in [0.15, 0.2) is 38.6 Å². The lowest BCUT2D eigenvalue weighted by Gasteiger charge is -2.17. The Labute approximate surface area is 137 Å². The highest BCUT2D eigenvalue weighted by atomic mass is 79.9. The molecule has 0 saturated carbocycles. The Morgan fingerprint density at radius 2 is 2.05 bits per heavy atom. The van der Waals surface area contributed by atoms with Crippen LogP contribution in [0.4, 0.5) is 0 Å². The topological polar surface area (TPSA) is 20.3 Å². The molecule has 1 heterocycles. The van der Waals surface area contributed by atoms with Crippen LogP contribution in [0, 0.1) is 0 Å². The third kappa shape index (κ3) is 3.81. The van der Waals surface area contributed by atoms with E-state index in [1.165, 1.54) is 0 Å². The Morgan fingerprint density at radius 1 is 1.32 bits per heavy atom. The molecule has 0 spiro atoms. The SMILES string of the molecule is CN(Cc1cc(Br)cs1)C(=O)c1cc(Br)ccc1Cl. The molecule has 1 aromatic heterocycles. The Balaban J connectivity index is 2.16. The molecule has 2 aromatic rings. The number of thiophene rings is 1. The van der Waals surface area contributed by atoms with Crippen LogP contribution in [0.2, 0.25) is 5.02 Å². The van der Waals surface area contributed by atoms with E-state index in [0.717, 1.165) is 13.8 Å². The van der Waals surface area contributed by atoms with Crippen LogP contribution in [0.25, 0.3) is 0 Å². The fourth-order valence-corrected chi connectivity index (χ4v) is 3.67. The number of rotatable bonds is 3. The molecule has 0 aliphatic heterocycles. The van der Waals surface area contributed by atoms with Gasteiger partial charge in [0.1, 0.15) is 0 Å². The monoisotopic (exact) mass is 421 g/mol. The van der Waals surface area contributed by atoms with Crippen molar-refractivity contribution in [3.63, 3.8) is 0 Å². The molecule has 2 rings (SSSR count). The van der Waals surface area contributed by atoms with Gasteiger partial charge < -0.3 is 4.90 Å². The lowest BCUT2D eigenvalue weighted by atomic mass is 10.2. The van der Waals surface area contributed by atoms with Gasteiger partial charge in [-0.3, -0.25) is 4.79 Å². The van der Waals surface area contributed by atoms with Gasteiger partial charge in [-0.05, 0) is 40.2 Å². The third-order valence-corrected chi connectivity index (χ3v) is 5.03. The minimum Gasteiger partial charge on any atom is -0.337 e. The summed E-state index contributed by atoms with van der Waals surface area (Å²) < 4.78 is 1.88. The van der Waals surface area contributed by atoms with Crippen LogP contribution in [0.1, 0.15) is 15.2 Å². The summed E-state index contributed by atoms with van der Waals surface area (Å²) in [5.41, 5.74) is 0.508. The van der Waals surface area contributed by atoms with Gasteiger partial charge in [0, 0.05) is 26.3 Å². The predicted molar refractivity (Wildman–Crippen MR) is 87.0 cm³/mol. The summed E-state index contributed by atoms with van der Waals surface area (Å²) in [4.78, 5) is 15.1. The van der Waals surface area contributed by atoms with Crippen LogP contribution in [0.5, 0.6) is 0 Å². The highest BCUT2D eigenvalue weighted by molar-refractivity contribution is 9.10. The third-order valence-electron chi connectivity index (χ3n) is 2.52. The molecule has 0 radical (unpaired) electrons. The Kier molecular flexibility index (Phi) is 5.06. The van der Waals surface area contributed by atoms with Gasteiger partial charge >= 0.3 is 0 Å². The number of halogens is 3. The molecule has 0 unspecified atom stereocenters. The Hall–Kier alpha value is -0.360. The zero-order chi connectivity index (χ0) is 14.0. The molecule has 2 nitrogen and oxygen atoms in total. The molecule has 0 bridgehead atoms. The smallest absolute Gasteiger partial charge is 0.255 e. The lowest BCUT2D eigenvalue weighted by molar-refractivity contribution is 0.0786. The quantitative estimate of drug-likeness (QED) is 0.665. The van der Waals surface area contributed by atoms with E-state index >= 15 is 0 Å². The minimum atomic E-state index is -0.0872. The van der Waals surface area contributed by atoms with Gasteiger partial charge in [0.15, 0.2) is 0 Å². The van der Waals surface area contributed by atoms with Crippen LogP contribution >= 0.6 is 54.8 Å². The molecule has 0 atom stereocenters. The van der Waals surface area contributed by atoms with Crippen molar-refractivity contribution in [1.29, 1.82) is 0 Å². The van der Waals surface area contributed by atoms with Crippen LogP contribution < -0.4 is 0 Å².